The lowest BCUT2D eigenvalue weighted by molar-refractivity contribution is 0.174. The number of fused-ring (bicyclic) bond motifs is 2. The molecule has 0 fully saturated rings. The second kappa shape index (κ2) is 10.7. The Balaban J connectivity index is 0.00000304. The Bertz CT molecular complexity index is 1440. The molecule has 1 aliphatic rings. The first-order chi connectivity index (χ1) is 17.2. The van der Waals surface area contributed by atoms with Gasteiger partial charge in [0, 0.05) is 22.6 Å². The SMILES string of the molecule is COc1cccc(C=Cc2cc(-c3cccc(OC)c3OC)nc3cc4c(cc23)OCO4)c1OC.Cl. The number of ether oxygens (including phenoxy) is 6. The van der Waals surface area contributed by atoms with E-state index in [-0.39, 0.29) is 19.2 Å². The number of nitrogens with zero attached hydrogens (tertiary/aromatic N) is 1. The number of hydrogen-bond donors (Lipinski definition) is 0. The average molecular weight is 508 g/mol. The molecule has 0 bridgehead atoms. The van der Waals surface area contributed by atoms with E-state index >= 15 is 0 Å². The van der Waals surface area contributed by atoms with Crippen LogP contribution >= 0.6 is 12.4 Å². The minimum atomic E-state index is 0. The van der Waals surface area contributed by atoms with Crippen LogP contribution in [0, 0.1) is 0 Å². The number of halogens is 1. The van der Waals surface area contributed by atoms with Crippen molar-refractivity contribution in [3.63, 3.8) is 0 Å². The molecule has 36 heavy (non-hydrogen) atoms. The predicted molar refractivity (Wildman–Crippen MR) is 142 cm³/mol. The van der Waals surface area contributed by atoms with Crippen molar-refractivity contribution < 1.29 is 28.4 Å². The molecule has 5 rings (SSSR count). The molecule has 0 unspecified atom stereocenters. The third kappa shape index (κ3) is 4.45. The van der Waals surface area contributed by atoms with E-state index < -0.39 is 0 Å². The number of pyridine rings is 1. The van der Waals surface area contributed by atoms with Crippen LogP contribution in [0.2, 0.25) is 0 Å². The van der Waals surface area contributed by atoms with Crippen LogP contribution in [0.5, 0.6) is 34.5 Å². The highest BCUT2D eigenvalue weighted by Gasteiger charge is 2.19. The van der Waals surface area contributed by atoms with E-state index in [2.05, 4.69) is 0 Å². The maximum atomic E-state index is 5.67. The van der Waals surface area contributed by atoms with E-state index in [9.17, 15) is 0 Å². The first kappa shape index (κ1) is 25.0. The zero-order valence-corrected chi connectivity index (χ0v) is 21.2. The summed E-state index contributed by atoms with van der Waals surface area (Å²) in [5, 5.41) is 0.929. The van der Waals surface area contributed by atoms with Gasteiger partial charge < -0.3 is 28.4 Å². The van der Waals surface area contributed by atoms with Gasteiger partial charge in [-0.05, 0) is 35.9 Å². The van der Waals surface area contributed by atoms with Gasteiger partial charge in [0.2, 0.25) is 6.79 Å². The zero-order chi connectivity index (χ0) is 24.4. The van der Waals surface area contributed by atoms with Crippen LogP contribution in [0.25, 0.3) is 34.3 Å². The van der Waals surface area contributed by atoms with Crippen molar-refractivity contribution in [2.24, 2.45) is 0 Å². The fourth-order valence-electron chi connectivity index (χ4n) is 4.23. The largest absolute Gasteiger partial charge is 0.493 e. The summed E-state index contributed by atoms with van der Waals surface area (Å²) in [5.74, 6) is 3.95. The number of para-hydroxylation sites is 2. The molecule has 0 radical (unpaired) electrons. The van der Waals surface area contributed by atoms with E-state index in [0.29, 0.717) is 34.5 Å². The summed E-state index contributed by atoms with van der Waals surface area (Å²) in [5.41, 5.74) is 4.16. The van der Waals surface area contributed by atoms with Crippen LogP contribution in [-0.2, 0) is 0 Å². The normalized spacial score (nSPS) is 11.9. The molecule has 7 nitrogen and oxygen atoms in total. The Morgan fingerprint density at radius 2 is 1.36 bits per heavy atom. The van der Waals surface area contributed by atoms with Gasteiger partial charge in [-0.1, -0.05) is 30.4 Å². The van der Waals surface area contributed by atoms with Crippen LogP contribution in [-0.4, -0.2) is 40.2 Å². The van der Waals surface area contributed by atoms with E-state index in [4.69, 9.17) is 33.4 Å². The number of hydrogen-bond acceptors (Lipinski definition) is 7. The van der Waals surface area contributed by atoms with Gasteiger partial charge in [-0.2, -0.15) is 0 Å². The molecule has 0 aliphatic carbocycles. The van der Waals surface area contributed by atoms with Crippen LogP contribution in [0.3, 0.4) is 0 Å². The van der Waals surface area contributed by atoms with Crippen molar-refractivity contribution in [3.8, 4) is 45.8 Å². The molecule has 3 aromatic carbocycles. The summed E-state index contributed by atoms with van der Waals surface area (Å²) in [4.78, 5) is 4.93. The first-order valence-corrected chi connectivity index (χ1v) is 11.0. The second-order valence-electron chi connectivity index (χ2n) is 7.78. The summed E-state index contributed by atoms with van der Waals surface area (Å²) in [6.45, 7) is 0.189. The Morgan fingerprint density at radius 1 is 0.722 bits per heavy atom. The molecule has 186 valence electrons. The molecular formula is C28H26ClNO6. The Hall–Kier alpha value is -4.10. The first-order valence-electron chi connectivity index (χ1n) is 11.0. The highest BCUT2D eigenvalue weighted by molar-refractivity contribution is 5.95. The quantitative estimate of drug-likeness (QED) is 0.292. The smallest absolute Gasteiger partial charge is 0.231 e. The zero-order valence-electron chi connectivity index (χ0n) is 20.4. The molecule has 8 heteroatoms. The van der Waals surface area contributed by atoms with Gasteiger partial charge in [0.05, 0.1) is 39.6 Å². The van der Waals surface area contributed by atoms with Gasteiger partial charge in [0.25, 0.3) is 0 Å². The fraction of sp³-hybridized carbons (Fsp3) is 0.179. The second-order valence-corrected chi connectivity index (χ2v) is 7.78. The highest BCUT2D eigenvalue weighted by atomic mass is 35.5. The van der Waals surface area contributed by atoms with Crippen molar-refractivity contribution in [2.75, 3.05) is 35.2 Å². The van der Waals surface area contributed by atoms with E-state index in [0.717, 1.165) is 33.3 Å². The van der Waals surface area contributed by atoms with Gasteiger partial charge in [0.1, 0.15) is 0 Å². The standard InChI is InChI=1S/C28H25NO6.ClH/c1-30-23-9-5-7-17(27(23)32-3)11-12-18-13-21(19-8-6-10-24(31-2)28(19)33-4)29-22-15-26-25(14-20(18)22)34-16-35-26;/h5-15H,16H2,1-4H3;1H. The Kier molecular flexibility index (Phi) is 7.41. The fourth-order valence-corrected chi connectivity index (χ4v) is 4.23. The molecule has 0 amide bonds. The van der Waals surface area contributed by atoms with Crippen molar-refractivity contribution in [1.29, 1.82) is 0 Å². The summed E-state index contributed by atoms with van der Waals surface area (Å²) in [7, 11) is 6.49. The lowest BCUT2D eigenvalue weighted by Crippen LogP contribution is -1.96. The van der Waals surface area contributed by atoms with Crippen molar-refractivity contribution in [3.05, 3.63) is 65.7 Å². The van der Waals surface area contributed by atoms with E-state index in [1.54, 1.807) is 28.4 Å². The topological polar surface area (TPSA) is 68.3 Å². The molecule has 1 aromatic heterocycles. The monoisotopic (exact) mass is 507 g/mol. The minimum Gasteiger partial charge on any atom is -0.493 e. The number of benzene rings is 3. The van der Waals surface area contributed by atoms with Gasteiger partial charge >= 0.3 is 0 Å². The Labute approximate surface area is 215 Å². The molecule has 0 saturated carbocycles. The van der Waals surface area contributed by atoms with Gasteiger partial charge in [-0.25, -0.2) is 4.98 Å². The van der Waals surface area contributed by atoms with Crippen molar-refractivity contribution in [2.45, 2.75) is 0 Å². The van der Waals surface area contributed by atoms with Gasteiger partial charge in [-0.3, -0.25) is 0 Å². The summed E-state index contributed by atoms with van der Waals surface area (Å²) in [6, 6.07) is 17.4. The molecule has 0 N–H and O–H groups in total. The lowest BCUT2D eigenvalue weighted by atomic mass is 10.0. The minimum absolute atomic E-state index is 0. The van der Waals surface area contributed by atoms with E-state index in [1.165, 1.54) is 0 Å². The number of rotatable bonds is 7. The maximum Gasteiger partial charge on any atom is 0.231 e. The van der Waals surface area contributed by atoms with Crippen molar-refractivity contribution in [1.82, 2.24) is 4.98 Å². The highest BCUT2D eigenvalue weighted by Crippen LogP contribution is 2.41. The summed E-state index contributed by atoms with van der Waals surface area (Å²) >= 11 is 0. The molecular weight excluding hydrogens is 482 g/mol. The molecule has 1 aliphatic heterocycles. The van der Waals surface area contributed by atoms with Crippen LogP contribution in [0.1, 0.15) is 11.1 Å². The summed E-state index contributed by atoms with van der Waals surface area (Å²) in [6.07, 6.45) is 4.02. The maximum absolute atomic E-state index is 5.67. The predicted octanol–water partition coefficient (Wildman–Crippen LogP) is 6.26. The van der Waals surface area contributed by atoms with Gasteiger partial charge in [-0.15, -0.1) is 12.4 Å². The van der Waals surface area contributed by atoms with Crippen LogP contribution < -0.4 is 28.4 Å². The van der Waals surface area contributed by atoms with Crippen LogP contribution in [0.15, 0.2) is 54.6 Å². The number of aromatic nitrogens is 1. The lowest BCUT2D eigenvalue weighted by Gasteiger charge is -2.14. The molecule has 4 aromatic rings. The Morgan fingerprint density at radius 3 is 2.06 bits per heavy atom. The molecule has 0 spiro atoms. The van der Waals surface area contributed by atoms with Crippen molar-refractivity contribution >= 4 is 35.5 Å². The van der Waals surface area contributed by atoms with Crippen LogP contribution in [0.4, 0.5) is 0 Å². The average Bonchev–Trinajstić information content (AvgIpc) is 3.36. The summed E-state index contributed by atoms with van der Waals surface area (Å²) < 4.78 is 33.4. The molecule has 2 heterocycles. The van der Waals surface area contributed by atoms with E-state index in [1.807, 2.05) is 66.7 Å². The third-order valence-electron chi connectivity index (χ3n) is 5.89. The number of methoxy groups -OCH3 is 4. The third-order valence-corrected chi connectivity index (χ3v) is 5.89. The molecule has 0 saturated heterocycles. The molecule has 0 atom stereocenters. The van der Waals surface area contributed by atoms with Gasteiger partial charge in [0.15, 0.2) is 34.5 Å².